The van der Waals surface area contributed by atoms with Crippen LogP contribution >= 0.6 is 15.9 Å². The lowest BCUT2D eigenvalue weighted by Gasteiger charge is -2.15. The molecule has 0 heterocycles. The monoisotopic (exact) mass is 325 g/mol. The molecule has 2 nitrogen and oxygen atoms in total. The Morgan fingerprint density at radius 3 is 2.84 bits per heavy atom. The fraction of sp³-hybridized carbons (Fsp3) is 0.625. The van der Waals surface area contributed by atoms with Crippen LogP contribution in [0, 0.1) is 5.92 Å². The Hall–Kier alpha value is -0.540. The predicted molar refractivity (Wildman–Crippen MR) is 83.6 cm³/mol. The summed E-state index contributed by atoms with van der Waals surface area (Å²) >= 11 is 3.54. The summed E-state index contributed by atoms with van der Waals surface area (Å²) in [5.74, 6) is 1.80. The van der Waals surface area contributed by atoms with Gasteiger partial charge in [-0.2, -0.15) is 0 Å². The van der Waals surface area contributed by atoms with Gasteiger partial charge in [-0.25, -0.2) is 0 Å². The van der Waals surface area contributed by atoms with Crippen molar-refractivity contribution in [3.8, 4) is 5.75 Å². The lowest BCUT2D eigenvalue weighted by Crippen LogP contribution is -2.16. The fourth-order valence-corrected chi connectivity index (χ4v) is 3.02. The normalized spacial score (nSPS) is 15.9. The summed E-state index contributed by atoms with van der Waals surface area (Å²) in [6.07, 6.45) is 6.57. The van der Waals surface area contributed by atoms with Gasteiger partial charge >= 0.3 is 0 Å². The molecule has 1 aliphatic carbocycles. The molecule has 1 aromatic rings. The number of rotatable bonds is 7. The quantitative estimate of drug-likeness (QED) is 0.744. The molecule has 3 heteroatoms. The van der Waals surface area contributed by atoms with Gasteiger partial charge in [-0.1, -0.05) is 35.7 Å². The number of ether oxygens (including phenoxy) is 1. The van der Waals surface area contributed by atoms with Crippen molar-refractivity contribution >= 4 is 15.9 Å². The molecule has 0 radical (unpaired) electrons. The van der Waals surface area contributed by atoms with E-state index in [4.69, 9.17) is 4.74 Å². The van der Waals surface area contributed by atoms with E-state index in [-0.39, 0.29) is 0 Å². The molecule has 1 aromatic carbocycles. The molecule has 0 atom stereocenters. The molecule has 2 rings (SSSR count). The molecule has 0 spiro atoms. The Morgan fingerprint density at radius 2 is 2.11 bits per heavy atom. The second-order valence-corrected chi connectivity index (χ2v) is 6.31. The molecule has 1 saturated carbocycles. The van der Waals surface area contributed by atoms with Crippen molar-refractivity contribution in [2.45, 2.75) is 45.6 Å². The lowest BCUT2D eigenvalue weighted by atomic mass is 10.1. The standard InChI is InChI=1S/C16H24BrNO/c1-2-9-18-11-14-10-15(17)7-8-16(14)19-12-13-5-3-4-6-13/h7-8,10,13,18H,2-6,9,11-12H2,1H3. The zero-order valence-corrected chi connectivity index (χ0v) is 13.3. The second-order valence-electron chi connectivity index (χ2n) is 5.39. The summed E-state index contributed by atoms with van der Waals surface area (Å²) in [6.45, 7) is 5.00. The summed E-state index contributed by atoms with van der Waals surface area (Å²) < 4.78 is 7.17. The van der Waals surface area contributed by atoms with Crippen molar-refractivity contribution in [1.82, 2.24) is 5.32 Å². The molecule has 1 fully saturated rings. The molecular weight excluding hydrogens is 302 g/mol. The number of hydrogen-bond acceptors (Lipinski definition) is 2. The van der Waals surface area contributed by atoms with Gasteiger partial charge in [-0.05, 0) is 49.9 Å². The molecule has 0 saturated heterocycles. The third kappa shape index (κ3) is 4.81. The highest BCUT2D eigenvalue weighted by atomic mass is 79.9. The number of nitrogens with one attached hydrogen (secondary N) is 1. The molecule has 106 valence electrons. The summed E-state index contributed by atoms with van der Waals surface area (Å²) in [7, 11) is 0. The van der Waals surface area contributed by atoms with E-state index in [1.165, 1.54) is 31.2 Å². The maximum atomic E-state index is 6.05. The van der Waals surface area contributed by atoms with Crippen LogP contribution in [0.5, 0.6) is 5.75 Å². The van der Waals surface area contributed by atoms with Crippen LogP contribution in [-0.2, 0) is 6.54 Å². The Morgan fingerprint density at radius 1 is 1.32 bits per heavy atom. The van der Waals surface area contributed by atoms with Crippen molar-refractivity contribution in [3.63, 3.8) is 0 Å². The first-order valence-corrected chi connectivity index (χ1v) is 8.21. The van der Waals surface area contributed by atoms with Crippen molar-refractivity contribution < 1.29 is 4.74 Å². The maximum absolute atomic E-state index is 6.05. The highest BCUT2D eigenvalue weighted by molar-refractivity contribution is 9.10. The average molecular weight is 326 g/mol. The van der Waals surface area contributed by atoms with E-state index in [0.29, 0.717) is 0 Å². The van der Waals surface area contributed by atoms with Crippen LogP contribution in [0.25, 0.3) is 0 Å². The maximum Gasteiger partial charge on any atom is 0.123 e. The first-order valence-electron chi connectivity index (χ1n) is 7.41. The van der Waals surface area contributed by atoms with Gasteiger partial charge < -0.3 is 10.1 Å². The number of hydrogen-bond donors (Lipinski definition) is 1. The highest BCUT2D eigenvalue weighted by Gasteiger charge is 2.16. The minimum absolute atomic E-state index is 0.764. The van der Waals surface area contributed by atoms with Crippen molar-refractivity contribution in [2.24, 2.45) is 5.92 Å². The molecule has 0 unspecified atom stereocenters. The van der Waals surface area contributed by atoms with Gasteiger partial charge in [-0.15, -0.1) is 0 Å². The SMILES string of the molecule is CCCNCc1cc(Br)ccc1OCC1CCCC1. The van der Waals surface area contributed by atoms with Crippen LogP contribution < -0.4 is 10.1 Å². The molecule has 0 bridgehead atoms. The smallest absolute Gasteiger partial charge is 0.123 e. The Labute approximate surface area is 125 Å². The average Bonchev–Trinajstić information content (AvgIpc) is 2.91. The minimum atomic E-state index is 0.764. The molecular formula is C16H24BrNO. The molecule has 0 aromatic heterocycles. The number of benzene rings is 1. The first-order chi connectivity index (χ1) is 9.29. The second kappa shape index (κ2) is 7.91. The third-order valence-electron chi connectivity index (χ3n) is 3.71. The zero-order valence-electron chi connectivity index (χ0n) is 11.8. The van der Waals surface area contributed by atoms with E-state index >= 15 is 0 Å². The van der Waals surface area contributed by atoms with Crippen molar-refractivity contribution in [2.75, 3.05) is 13.2 Å². The van der Waals surface area contributed by atoms with Gasteiger partial charge in [-0.3, -0.25) is 0 Å². The predicted octanol–water partition coefficient (Wildman–Crippen LogP) is 4.52. The van der Waals surface area contributed by atoms with Gasteiger partial charge in [0.1, 0.15) is 5.75 Å². The van der Waals surface area contributed by atoms with E-state index in [0.717, 1.165) is 42.3 Å². The van der Waals surface area contributed by atoms with Crippen LogP contribution in [0.15, 0.2) is 22.7 Å². The molecule has 0 amide bonds. The van der Waals surface area contributed by atoms with Gasteiger partial charge in [0.15, 0.2) is 0 Å². The fourth-order valence-electron chi connectivity index (χ4n) is 2.61. The summed E-state index contributed by atoms with van der Waals surface area (Å²) in [4.78, 5) is 0. The Balaban J connectivity index is 1.92. The summed E-state index contributed by atoms with van der Waals surface area (Å²) in [5.41, 5.74) is 1.25. The Kier molecular flexibility index (Phi) is 6.18. The van der Waals surface area contributed by atoms with Crippen LogP contribution in [0.3, 0.4) is 0 Å². The van der Waals surface area contributed by atoms with E-state index < -0.39 is 0 Å². The van der Waals surface area contributed by atoms with Crippen molar-refractivity contribution in [3.05, 3.63) is 28.2 Å². The topological polar surface area (TPSA) is 21.3 Å². The first kappa shape index (κ1) is 14.9. The summed E-state index contributed by atoms with van der Waals surface area (Å²) in [6, 6.07) is 6.31. The minimum Gasteiger partial charge on any atom is -0.493 e. The largest absolute Gasteiger partial charge is 0.493 e. The van der Waals surface area contributed by atoms with Gasteiger partial charge in [0.25, 0.3) is 0 Å². The number of halogens is 1. The van der Waals surface area contributed by atoms with Gasteiger partial charge in [0.05, 0.1) is 6.61 Å². The van der Waals surface area contributed by atoms with Crippen LogP contribution in [0.1, 0.15) is 44.6 Å². The summed E-state index contributed by atoms with van der Waals surface area (Å²) in [5, 5.41) is 3.45. The molecule has 1 aliphatic rings. The Bertz CT molecular complexity index is 388. The highest BCUT2D eigenvalue weighted by Crippen LogP contribution is 2.28. The van der Waals surface area contributed by atoms with E-state index in [2.05, 4.69) is 46.4 Å². The van der Waals surface area contributed by atoms with Crippen LogP contribution in [0.2, 0.25) is 0 Å². The van der Waals surface area contributed by atoms with E-state index in [9.17, 15) is 0 Å². The molecule has 0 aliphatic heterocycles. The van der Waals surface area contributed by atoms with Gasteiger partial charge in [0.2, 0.25) is 0 Å². The van der Waals surface area contributed by atoms with Crippen LogP contribution in [0.4, 0.5) is 0 Å². The molecule has 1 N–H and O–H groups in total. The zero-order chi connectivity index (χ0) is 13.5. The molecule has 19 heavy (non-hydrogen) atoms. The third-order valence-corrected chi connectivity index (χ3v) is 4.21. The van der Waals surface area contributed by atoms with Gasteiger partial charge in [0, 0.05) is 16.6 Å². The van der Waals surface area contributed by atoms with Crippen molar-refractivity contribution in [1.29, 1.82) is 0 Å². The van der Waals surface area contributed by atoms with Crippen LogP contribution in [-0.4, -0.2) is 13.2 Å². The lowest BCUT2D eigenvalue weighted by molar-refractivity contribution is 0.249. The van der Waals surface area contributed by atoms with E-state index in [1.807, 2.05) is 0 Å². The van der Waals surface area contributed by atoms with E-state index in [1.54, 1.807) is 0 Å².